The Kier molecular flexibility index (Phi) is 2.47. The fraction of sp³-hybridized carbons (Fsp3) is 0.538. The summed E-state index contributed by atoms with van der Waals surface area (Å²) in [6.07, 6.45) is 3.47. The van der Waals surface area contributed by atoms with Gasteiger partial charge in [-0.05, 0) is 31.4 Å². The molecule has 17 heavy (non-hydrogen) atoms. The van der Waals surface area contributed by atoms with E-state index in [-0.39, 0.29) is 5.82 Å². The van der Waals surface area contributed by atoms with Gasteiger partial charge in [-0.25, -0.2) is 4.39 Å². The molecule has 0 aromatic heterocycles. The summed E-state index contributed by atoms with van der Waals surface area (Å²) in [4.78, 5) is 0. The van der Waals surface area contributed by atoms with Crippen molar-refractivity contribution in [3.8, 4) is 11.5 Å². The molecule has 0 unspecified atom stereocenters. The SMILES string of the molecule is NC1(c2c(F)ccc3c2OCCCO3)CCC1. The summed E-state index contributed by atoms with van der Waals surface area (Å²) in [5.41, 5.74) is 6.16. The normalized spacial score (nSPS) is 21.5. The van der Waals surface area contributed by atoms with Crippen LogP contribution in [0.2, 0.25) is 0 Å². The third-order valence-electron chi connectivity index (χ3n) is 3.61. The zero-order valence-corrected chi connectivity index (χ0v) is 9.67. The molecule has 0 radical (unpaired) electrons. The second-order valence-electron chi connectivity index (χ2n) is 4.81. The Labute approximate surface area is 99.7 Å². The quantitative estimate of drug-likeness (QED) is 0.815. The molecule has 1 aliphatic heterocycles. The topological polar surface area (TPSA) is 44.5 Å². The van der Waals surface area contributed by atoms with Gasteiger partial charge in [0.1, 0.15) is 5.82 Å². The molecule has 0 bridgehead atoms. The molecular formula is C13H16FNO2. The number of benzene rings is 1. The lowest BCUT2D eigenvalue weighted by Crippen LogP contribution is -2.44. The Morgan fingerprint density at radius 3 is 2.59 bits per heavy atom. The van der Waals surface area contributed by atoms with Crippen LogP contribution in [0.4, 0.5) is 4.39 Å². The summed E-state index contributed by atoms with van der Waals surface area (Å²) in [6, 6.07) is 3.05. The van der Waals surface area contributed by atoms with E-state index in [0.717, 1.165) is 25.7 Å². The summed E-state index contributed by atoms with van der Waals surface area (Å²) in [5, 5.41) is 0. The number of rotatable bonds is 1. The van der Waals surface area contributed by atoms with E-state index >= 15 is 0 Å². The molecule has 0 saturated heterocycles. The van der Waals surface area contributed by atoms with Crippen LogP contribution in [0.3, 0.4) is 0 Å². The fourth-order valence-electron chi connectivity index (χ4n) is 2.48. The Bertz CT molecular complexity index is 443. The molecule has 0 amide bonds. The molecule has 1 aromatic rings. The van der Waals surface area contributed by atoms with Crippen molar-refractivity contribution in [3.63, 3.8) is 0 Å². The number of ether oxygens (including phenoxy) is 2. The van der Waals surface area contributed by atoms with Crippen LogP contribution in [0.15, 0.2) is 12.1 Å². The molecule has 3 nitrogen and oxygen atoms in total. The number of halogens is 1. The Balaban J connectivity index is 2.12. The van der Waals surface area contributed by atoms with Crippen molar-refractivity contribution in [1.82, 2.24) is 0 Å². The minimum Gasteiger partial charge on any atom is -0.490 e. The standard InChI is InChI=1S/C13H16FNO2/c14-9-3-4-10-12(17-8-2-7-16-10)11(9)13(15)5-1-6-13/h3-4H,1-2,5-8,15H2. The van der Waals surface area contributed by atoms with Crippen LogP contribution in [0.5, 0.6) is 11.5 Å². The van der Waals surface area contributed by atoms with Crippen molar-refractivity contribution < 1.29 is 13.9 Å². The van der Waals surface area contributed by atoms with Crippen molar-refractivity contribution in [3.05, 3.63) is 23.5 Å². The molecular weight excluding hydrogens is 221 g/mol. The van der Waals surface area contributed by atoms with Gasteiger partial charge in [-0.15, -0.1) is 0 Å². The average Bonchev–Trinajstić information content (AvgIpc) is 2.51. The monoisotopic (exact) mass is 237 g/mol. The van der Waals surface area contributed by atoms with Crippen LogP contribution in [-0.2, 0) is 5.54 Å². The van der Waals surface area contributed by atoms with Crippen LogP contribution in [0.1, 0.15) is 31.2 Å². The van der Waals surface area contributed by atoms with Crippen LogP contribution < -0.4 is 15.2 Å². The van der Waals surface area contributed by atoms with E-state index in [4.69, 9.17) is 15.2 Å². The molecule has 2 aliphatic rings. The molecule has 1 saturated carbocycles. The zero-order chi connectivity index (χ0) is 11.9. The molecule has 0 spiro atoms. The van der Waals surface area contributed by atoms with Crippen molar-refractivity contribution in [2.45, 2.75) is 31.2 Å². The second-order valence-corrected chi connectivity index (χ2v) is 4.81. The van der Waals surface area contributed by atoms with Gasteiger partial charge in [0, 0.05) is 12.0 Å². The van der Waals surface area contributed by atoms with Gasteiger partial charge in [-0.3, -0.25) is 0 Å². The average molecular weight is 237 g/mol. The van der Waals surface area contributed by atoms with Crippen molar-refractivity contribution in [2.75, 3.05) is 13.2 Å². The predicted molar refractivity (Wildman–Crippen MR) is 61.7 cm³/mol. The summed E-state index contributed by atoms with van der Waals surface area (Å²) in [7, 11) is 0. The smallest absolute Gasteiger partial charge is 0.169 e. The van der Waals surface area contributed by atoms with Crippen molar-refractivity contribution >= 4 is 0 Å². The first-order valence-corrected chi connectivity index (χ1v) is 6.08. The minimum absolute atomic E-state index is 0.281. The van der Waals surface area contributed by atoms with Gasteiger partial charge >= 0.3 is 0 Å². The van der Waals surface area contributed by atoms with Gasteiger partial charge in [-0.1, -0.05) is 0 Å². The molecule has 1 aliphatic carbocycles. The lowest BCUT2D eigenvalue weighted by Gasteiger charge is -2.39. The third kappa shape index (κ3) is 1.67. The maximum atomic E-state index is 14.0. The van der Waals surface area contributed by atoms with Gasteiger partial charge < -0.3 is 15.2 Å². The van der Waals surface area contributed by atoms with E-state index < -0.39 is 5.54 Å². The number of fused-ring (bicyclic) bond motifs is 1. The predicted octanol–water partition coefficient (Wildman–Crippen LogP) is 2.32. The first-order valence-electron chi connectivity index (χ1n) is 6.08. The third-order valence-corrected chi connectivity index (χ3v) is 3.61. The highest BCUT2D eigenvalue weighted by molar-refractivity contribution is 5.51. The maximum Gasteiger partial charge on any atom is 0.169 e. The first-order chi connectivity index (χ1) is 8.21. The van der Waals surface area contributed by atoms with Gasteiger partial charge in [-0.2, -0.15) is 0 Å². The molecule has 1 fully saturated rings. The van der Waals surface area contributed by atoms with Gasteiger partial charge in [0.15, 0.2) is 11.5 Å². The fourth-order valence-corrected chi connectivity index (χ4v) is 2.48. The Hall–Kier alpha value is -1.29. The summed E-state index contributed by atoms with van der Waals surface area (Å²) in [6.45, 7) is 1.16. The minimum atomic E-state index is -0.566. The van der Waals surface area contributed by atoms with Crippen molar-refractivity contribution in [2.24, 2.45) is 5.73 Å². The van der Waals surface area contributed by atoms with Gasteiger partial charge in [0.2, 0.25) is 0 Å². The summed E-state index contributed by atoms with van der Waals surface area (Å²) in [5.74, 6) is 0.858. The van der Waals surface area contributed by atoms with Crippen LogP contribution in [-0.4, -0.2) is 13.2 Å². The molecule has 0 atom stereocenters. The van der Waals surface area contributed by atoms with E-state index in [9.17, 15) is 4.39 Å². The number of hydrogen-bond acceptors (Lipinski definition) is 3. The number of nitrogens with two attached hydrogens (primary N) is 1. The zero-order valence-electron chi connectivity index (χ0n) is 9.67. The van der Waals surface area contributed by atoms with Crippen LogP contribution in [0, 0.1) is 5.82 Å². The largest absolute Gasteiger partial charge is 0.490 e. The molecule has 3 rings (SSSR count). The highest BCUT2D eigenvalue weighted by Gasteiger charge is 2.40. The van der Waals surface area contributed by atoms with Gasteiger partial charge in [0.25, 0.3) is 0 Å². The van der Waals surface area contributed by atoms with E-state index in [0.29, 0.717) is 30.3 Å². The van der Waals surface area contributed by atoms with E-state index in [1.54, 1.807) is 6.07 Å². The molecule has 1 heterocycles. The van der Waals surface area contributed by atoms with E-state index in [2.05, 4.69) is 0 Å². The lowest BCUT2D eigenvalue weighted by atomic mass is 9.72. The molecule has 2 N–H and O–H groups in total. The Morgan fingerprint density at radius 1 is 1.12 bits per heavy atom. The van der Waals surface area contributed by atoms with Crippen LogP contribution in [0.25, 0.3) is 0 Å². The van der Waals surface area contributed by atoms with Gasteiger partial charge in [0.05, 0.1) is 18.8 Å². The first kappa shape index (κ1) is 10.8. The van der Waals surface area contributed by atoms with Crippen LogP contribution >= 0.6 is 0 Å². The lowest BCUT2D eigenvalue weighted by molar-refractivity contribution is 0.227. The van der Waals surface area contributed by atoms with E-state index in [1.807, 2.05) is 0 Å². The second kappa shape index (κ2) is 3.88. The Morgan fingerprint density at radius 2 is 1.88 bits per heavy atom. The maximum absolute atomic E-state index is 14.0. The molecule has 4 heteroatoms. The highest BCUT2D eigenvalue weighted by Crippen LogP contribution is 2.47. The van der Waals surface area contributed by atoms with E-state index in [1.165, 1.54) is 6.07 Å². The summed E-state index contributed by atoms with van der Waals surface area (Å²) >= 11 is 0. The highest BCUT2D eigenvalue weighted by atomic mass is 19.1. The number of hydrogen-bond donors (Lipinski definition) is 1. The molecule has 92 valence electrons. The van der Waals surface area contributed by atoms with Crippen molar-refractivity contribution in [1.29, 1.82) is 0 Å². The molecule has 1 aromatic carbocycles. The summed E-state index contributed by atoms with van der Waals surface area (Å²) < 4.78 is 25.2.